The van der Waals surface area contributed by atoms with E-state index in [4.69, 9.17) is 23.2 Å². The Balaban J connectivity index is 1.99. The van der Waals surface area contributed by atoms with Gasteiger partial charge in [0.1, 0.15) is 17.3 Å². The van der Waals surface area contributed by atoms with Gasteiger partial charge in [-0.15, -0.1) is 11.3 Å². The zero-order chi connectivity index (χ0) is 10.7. The van der Waals surface area contributed by atoms with Crippen molar-refractivity contribution in [3.63, 3.8) is 0 Å². The molecule has 0 amide bonds. The number of halogens is 2. The predicted molar refractivity (Wildman–Crippen MR) is 63.7 cm³/mol. The summed E-state index contributed by atoms with van der Waals surface area (Å²) < 4.78 is 0.785. The molecule has 2 aromatic rings. The zero-order valence-electron chi connectivity index (χ0n) is 7.58. The molecule has 0 aromatic carbocycles. The normalized spacial score (nSPS) is 10.3. The van der Waals surface area contributed by atoms with Crippen LogP contribution in [0.1, 0.15) is 4.88 Å². The lowest BCUT2D eigenvalue weighted by Crippen LogP contribution is -1.99. The Morgan fingerprint density at radius 2 is 2.13 bits per heavy atom. The summed E-state index contributed by atoms with van der Waals surface area (Å²) >= 11 is 13.1. The van der Waals surface area contributed by atoms with Gasteiger partial charge in [0.2, 0.25) is 0 Å². The first-order chi connectivity index (χ1) is 7.24. The molecule has 1 N–H and O–H groups in total. The van der Waals surface area contributed by atoms with Crippen LogP contribution in [0.3, 0.4) is 0 Å². The van der Waals surface area contributed by atoms with Crippen LogP contribution in [0.5, 0.6) is 0 Å². The molecule has 6 heteroatoms. The van der Waals surface area contributed by atoms with Crippen molar-refractivity contribution < 1.29 is 0 Å². The van der Waals surface area contributed by atoms with Gasteiger partial charge in [-0.2, -0.15) is 0 Å². The quantitative estimate of drug-likeness (QED) is 0.859. The number of anilines is 1. The molecule has 0 unspecified atom stereocenters. The van der Waals surface area contributed by atoms with Crippen LogP contribution in [0.15, 0.2) is 24.5 Å². The first-order valence-electron chi connectivity index (χ1n) is 4.19. The lowest BCUT2D eigenvalue weighted by Gasteiger charge is -2.02. The van der Waals surface area contributed by atoms with Crippen LogP contribution in [0.2, 0.25) is 9.49 Å². The molecule has 0 spiro atoms. The molecule has 2 rings (SSSR count). The molecular formula is C9H7Cl2N3S. The third-order valence-corrected chi connectivity index (χ3v) is 3.14. The summed E-state index contributed by atoms with van der Waals surface area (Å²) in [7, 11) is 0. The number of hydrogen-bond acceptors (Lipinski definition) is 4. The lowest BCUT2D eigenvalue weighted by atomic mass is 10.4. The molecule has 0 aliphatic heterocycles. The van der Waals surface area contributed by atoms with Crippen molar-refractivity contribution in [1.29, 1.82) is 0 Å². The molecule has 0 fully saturated rings. The highest BCUT2D eigenvalue weighted by Gasteiger charge is 1.99. The Morgan fingerprint density at radius 1 is 1.27 bits per heavy atom. The minimum atomic E-state index is 0.428. The number of nitrogens with zero attached hydrogens (tertiary/aromatic N) is 2. The fourth-order valence-corrected chi connectivity index (χ4v) is 2.23. The third kappa shape index (κ3) is 3.06. The van der Waals surface area contributed by atoms with Crippen molar-refractivity contribution in [2.75, 3.05) is 5.32 Å². The smallest absolute Gasteiger partial charge is 0.134 e. The van der Waals surface area contributed by atoms with E-state index >= 15 is 0 Å². The summed E-state index contributed by atoms with van der Waals surface area (Å²) in [5.41, 5.74) is 0. The van der Waals surface area contributed by atoms with E-state index in [0.29, 0.717) is 17.5 Å². The second kappa shape index (κ2) is 4.79. The summed E-state index contributed by atoms with van der Waals surface area (Å²) in [6.45, 7) is 0.685. The molecule has 0 aliphatic rings. The van der Waals surface area contributed by atoms with E-state index in [0.717, 1.165) is 9.21 Å². The van der Waals surface area contributed by atoms with Crippen LogP contribution in [0, 0.1) is 0 Å². The van der Waals surface area contributed by atoms with Crippen molar-refractivity contribution >= 4 is 40.4 Å². The molecule has 0 atom stereocenters. The molecule has 3 nitrogen and oxygen atoms in total. The van der Waals surface area contributed by atoms with Crippen molar-refractivity contribution in [2.45, 2.75) is 6.54 Å². The third-order valence-electron chi connectivity index (χ3n) is 1.71. The predicted octanol–water partition coefficient (Wildman–Crippen LogP) is 3.46. The first-order valence-corrected chi connectivity index (χ1v) is 5.77. The van der Waals surface area contributed by atoms with E-state index in [1.807, 2.05) is 12.1 Å². The summed E-state index contributed by atoms with van der Waals surface area (Å²) in [5.74, 6) is 0.708. The Hall–Kier alpha value is -0.840. The molecule has 0 saturated carbocycles. The Bertz CT molecular complexity index is 458. The maximum absolute atomic E-state index is 5.81. The van der Waals surface area contributed by atoms with Crippen molar-refractivity contribution in [3.05, 3.63) is 38.9 Å². The maximum Gasteiger partial charge on any atom is 0.134 e. The summed E-state index contributed by atoms with van der Waals surface area (Å²) in [4.78, 5) is 8.97. The first kappa shape index (κ1) is 10.7. The van der Waals surface area contributed by atoms with Crippen LogP contribution in [0.4, 0.5) is 5.82 Å². The largest absolute Gasteiger partial charge is 0.365 e. The number of hydrogen-bond donors (Lipinski definition) is 1. The molecule has 2 heterocycles. The topological polar surface area (TPSA) is 37.8 Å². The summed E-state index contributed by atoms with van der Waals surface area (Å²) in [6.07, 6.45) is 1.42. The Kier molecular flexibility index (Phi) is 3.41. The fraction of sp³-hybridized carbons (Fsp3) is 0.111. The van der Waals surface area contributed by atoms with Crippen molar-refractivity contribution in [1.82, 2.24) is 9.97 Å². The maximum atomic E-state index is 5.81. The van der Waals surface area contributed by atoms with Crippen LogP contribution in [0.25, 0.3) is 0 Å². The summed E-state index contributed by atoms with van der Waals surface area (Å²) in [5, 5.41) is 3.56. The van der Waals surface area contributed by atoms with Gasteiger partial charge in [0.05, 0.1) is 10.9 Å². The van der Waals surface area contributed by atoms with E-state index in [-0.39, 0.29) is 0 Å². The highest BCUT2D eigenvalue weighted by atomic mass is 35.5. The van der Waals surface area contributed by atoms with Gasteiger partial charge >= 0.3 is 0 Å². The number of aromatic nitrogens is 2. The molecule has 0 aliphatic carbocycles. The van der Waals surface area contributed by atoms with Gasteiger partial charge in [0.15, 0.2) is 0 Å². The Labute approximate surface area is 101 Å². The molecule has 0 saturated heterocycles. The molecular weight excluding hydrogens is 253 g/mol. The van der Waals surface area contributed by atoms with E-state index < -0.39 is 0 Å². The van der Waals surface area contributed by atoms with Crippen molar-refractivity contribution in [3.8, 4) is 0 Å². The highest BCUT2D eigenvalue weighted by molar-refractivity contribution is 7.16. The van der Waals surface area contributed by atoms with Gasteiger partial charge in [0, 0.05) is 10.9 Å². The summed E-state index contributed by atoms with van der Waals surface area (Å²) in [6, 6.07) is 5.52. The fourth-order valence-electron chi connectivity index (χ4n) is 1.05. The minimum absolute atomic E-state index is 0.428. The average molecular weight is 260 g/mol. The second-order valence-corrected chi connectivity index (χ2v) is 4.97. The second-order valence-electron chi connectivity index (χ2n) is 2.79. The van der Waals surface area contributed by atoms with Gasteiger partial charge in [-0.05, 0) is 12.1 Å². The van der Waals surface area contributed by atoms with Crippen LogP contribution >= 0.6 is 34.5 Å². The lowest BCUT2D eigenvalue weighted by molar-refractivity contribution is 1.10. The van der Waals surface area contributed by atoms with Crippen LogP contribution < -0.4 is 5.32 Å². The van der Waals surface area contributed by atoms with Crippen LogP contribution in [-0.2, 0) is 6.54 Å². The van der Waals surface area contributed by atoms with Gasteiger partial charge < -0.3 is 5.32 Å². The number of thiophene rings is 1. The average Bonchev–Trinajstić information content (AvgIpc) is 2.62. The number of nitrogens with one attached hydrogen (secondary N) is 1. The van der Waals surface area contributed by atoms with Crippen LogP contribution in [-0.4, -0.2) is 9.97 Å². The van der Waals surface area contributed by atoms with Gasteiger partial charge in [-0.3, -0.25) is 0 Å². The Morgan fingerprint density at radius 3 is 2.80 bits per heavy atom. The molecule has 2 aromatic heterocycles. The molecule has 0 bridgehead atoms. The van der Waals surface area contributed by atoms with Gasteiger partial charge in [0.25, 0.3) is 0 Å². The number of rotatable bonds is 3. The molecule has 15 heavy (non-hydrogen) atoms. The highest BCUT2D eigenvalue weighted by Crippen LogP contribution is 2.22. The molecule has 78 valence electrons. The van der Waals surface area contributed by atoms with Crippen molar-refractivity contribution in [2.24, 2.45) is 0 Å². The minimum Gasteiger partial charge on any atom is -0.365 e. The standard InChI is InChI=1S/C9H7Cl2N3S/c10-7-3-9(14-5-13-7)12-4-6-1-2-8(11)15-6/h1-3,5H,4H2,(H,12,13,14). The van der Waals surface area contributed by atoms with E-state index in [1.165, 1.54) is 17.7 Å². The zero-order valence-corrected chi connectivity index (χ0v) is 9.90. The monoisotopic (exact) mass is 259 g/mol. The van der Waals surface area contributed by atoms with Gasteiger partial charge in [-0.25, -0.2) is 9.97 Å². The van der Waals surface area contributed by atoms with Gasteiger partial charge in [-0.1, -0.05) is 23.2 Å². The molecule has 0 radical (unpaired) electrons. The van der Waals surface area contributed by atoms with E-state index in [2.05, 4.69) is 15.3 Å². The van der Waals surface area contributed by atoms with E-state index in [1.54, 1.807) is 6.07 Å². The van der Waals surface area contributed by atoms with E-state index in [9.17, 15) is 0 Å². The SMILES string of the molecule is Clc1cc(NCc2ccc(Cl)s2)ncn1.